The van der Waals surface area contributed by atoms with Gasteiger partial charge in [-0.2, -0.15) is 4.98 Å². The van der Waals surface area contributed by atoms with E-state index in [1.165, 1.54) is 18.2 Å². The summed E-state index contributed by atoms with van der Waals surface area (Å²) in [7, 11) is 0. The lowest BCUT2D eigenvalue weighted by Crippen LogP contribution is -2.41. The molecule has 1 fully saturated rings. The van der Waals surface area contributed by atoms with E-state index in [2.05, 4.69) is 20.6 Å². The lowest BCUT2D eigenvalue weighted by Gasteiger charge is -2.32. The van der Waals surface area contributed by atoms with Gasteiger partial charge in [-0.05, 0) is 31.0 Å². The van der Waals surface area contributed by atoms with Gasteiger partial charge in [-0.25, -0.2) is 0 Å². The predicted octanol–water partition coefficient (Wildman–Crippen LogP) is 1.84. The van der Waals surface area contributed by atoms with Crippen LogP contribution in [-0.2, 0) is 14.4 Å². The number of anilines is 3. The molecule has 168 valence electrons. The van der Waals surface area contributed by atoms with E-state index in [4.69, 9.17) is 28.9 Å². The molecule has 0 aliphatic carbocycles. The van der Waals surface area contributed by atoms with Crippen molar-refractivity contribution in [1.29, 1.82) is 0 Å². The Kier molecular flexibility index (Phi) is 6.07. The van der Waals surface area contributed by atoms with Crippen molar-refractivity contribution in [3.8, 4) is 0 Å². The van der Waals surface area contributed by atoms with Crippen LogP contribution in [0.25, 0.3) is 0 Å². The van der Waals surface area contributed by atoms with Gasteiger partial charge in [0, 0.05) is 41.2 Å². The number of halogens is 2. The van der Waals surface area contributed by atoms with E-state index in [0.29, 0.717) is 41.7 Å². The number of primary amides is 1. The van der Waals surface area contributed by atoms with Crippen molar-refractivity contribution in [3.05, 3.63) is 44.2 Å². The molecule has 2 aliphatic rings. The molecule has 1 aromatic carbocycles. The standard InChI is InChI=1S/C20H20Cl2N6O4/c21-10-5-11(22)7-12(6-10)24-18(31)13-8-14(29)25-17-15(13)19(32)27-20(26-17)28-3-1-9(2-4-28)16(23)30/h5-7,9,13H,1-4,8H2,(H2,23,30)(H,24,31)(H2,25,26,27,29,32)/t13-/m1/s1. The second-order valence-corrected chi connectivity index (χ2v) is 8.64. The van der Waals surface area contributed by atoms with Crippen molar-refractivity contribution in [1.82, 2.24) is 9.97 Å². The fourth-order valence-electron chi connectivity index (χ4n) is 3.96. The van der Waals surface area contributed by atoms with Crippen LogP contribution in [0, 0.1) is 5.92 Å². The topological polar surface area (TPSA) is 150 Å². The maximum Gasteiger partial charge on any atom is 0.258 e. The number of aromatic nitrogens is 2. The van der Waals surface area contributed by atoms with Gasteiger partial charge in [-0.3, -0.25) is 24.2 Å². The van der Waals surface area contributed by atoms with Crippen molar-refractivity contribution < 1.29 is 14.4 Å². The predicted molar refractivity (Wildman–Crippen MR) is 120 cm³/mol. The fraction of sp³-hybridized carbons (Fsp3) is 0.350. The largest absolute Gasteiger partial charge is 0.369 e. The van der Waals surface area contributed by atoms with Crippen molar-refractivity contribution in [2.75, 3.05) is 28.6 Å². The molecular formula is C20H20Cl2N6O4. The number of carbonyl (C=O) groups excluding carboxylic acids is 3. The summed E-state index contributed by atoms with van der Waals surface area (Å²) in [4.78, 5) is 58.4. The summed E-state index contributed by atoms with van der Waals surface area (Å²) in [5, 5.41) is 5.90. The minimum Gasteiger partial charge on any atom is -0.369 e. The highest BCUT2D eigenvalue weighted by Gasteiger charge is 2.35. The lowest BCUT2D eigenvalue weighted by atomic mass is 9.92. The third-order valence-electron chi connectivity index (χ3n) is 5.58. The van der Waals surface area contributed by atoms with Gasteiger partial charge in [0.05, 0.1) is 11.5 Å². The molecule has 0 saturated carbocycles. The van der Waals surface area contributed by atoms with Crippen LogP contribution < -0.4 is 26.8 Å². The zero-order valence-electron chi connectivity index (χ0n) is 16.8. The molecule has 1 atom stereocenters. The molecule has 1 saturated heterocycles. The Balaban J connectivity index is 1.60. The number of nitrogens with zero attached hydrogens (tertiary/aromatic N) is 2. The molecule has 12 heteroatoms. The molecule has 2 aromatic rings. The van der Waals surface area contributed by atoms with E-state index in [1.54, 1.807) is 0 Å². The third-order valence-corrected chi connectivity index (χ3v) is 6.02. The van der Waals surface area contributed by atoms with Crippen LogP contribution in [0.5, 0.6) is 0 Å². The molecule has 1 aromatic heterocycles. The number of piperidine rings is 1. The van der Waals surface area contributed by atoms with E-state index in [9.17, 15) is 19.2 Å². The zero-order chi connectivity index (χ0) is 23.0. The number of fused-ring (bicyclic) bond motifs is 1. The minimum atomic E-state index is -1.04. The molecule has 0 unspecified atom stereocenters. The fourth-order valence-corrected chi connectivity index (χ4v) is 4.49. The van der Waals surface area contributed by atoms with Crippen molar-refractivity contribution >= 4 is 58.4 Å². The molecule has 5 N–H and O–H groups in total. The van der Waals surface area contributed by atoms with Gasteiger partial charge in [-0.15, -0.1) is 0 Å². The van der Waals surface area contributed by atoms with Crippen molar-refractivity contribution in [2.24, 2.45) is 11.7 Å². The van der Waals surface area contributed by atoms with Gasteiger partial charge in [0.1, 0.15) is 5.82 Å². The summed E-state index contributed by atoms with van der Waals surface area (Å²) in [6.07, 6.45) is 0.868. The summed E-state index contributed by atoms with van der Waals surface area (Å²) < 4.78 is 0. The maximum atomic E-state index is 12.9. The van der Waals surface area contributed by atoms with Crippen LogP contribution >= 0.6 is 23.2 Å². The average molecular weight is 479 g/mol. The highest BCUT2D eigenvalue weighted by molar-refractivity contribution is 6.35. The van der Waals surface area contributed by atoms with E-state index < -0.39 is 23.3 Å². The SMILES string of the molecule is NC(=O)C1CCN(c2nc3c(c(=O)[nH]2)[C@H](C(=O)Nc2cc(Cl)cc(Cl)c2)CC(=O)N3)CC1. The van der Waals surface area contributed by atoms with E-state index in [0.717, 1.165) is 0 Å². The molecule has 10 nitrogen and oxygen atoms in total. The summed E-state index contributed by atoms with van der Waals surface area (Å²) in [5.41, 5.74) is 5.26. The van der Waals surface area contributed by atoms with Crippen LogP contribution in [0.3, 0.4) is 0 Å². The summed E-state index contributed by atoms with van der Waals surface area (Å²) >= 11 is 11.9. The third kappa shape index (κ3) is 4.56. The first-order valence-electron chi connectivity index (χ1n) is 9.96. The number of H-pyrrole nitrogens is 1. The van der Waals surface area contributed by atoms with Crippen LogP contribution in [0.15, 0.2) is 23.0 Å². The smallest absolute Gasteiger partial charge is 0.258 e. The number of benzene rings is 1. The van der Waals surface area contributed by atoms with Gasteiger partial charge in [-0.1, -0.05) is 23.2 Å². The first kappa shape index (κ1) is 22.1. The van der Waals surface area contributed by atoms with Gasteiger partial charge in [0.25, 0.3) is 5.56 Å². The second-order valence-electron chi connectivity index (χ2n) is 7.77. The van der Waals surface area contributed by atoms with Crippen LogP contribution in [-0.4, -0.2) is 40.8 Å². The number of nitrogens with one attached hydrogen (secondary N) is 3. The Morgan fingerprint density at radius 1 is 1.12 bits per heavy atom. The van der Waals surface area contributed by atoms with Gasteiger partial charge in [0.2, 0.25) is 23.7 Å². The molecule has 32 heavy (non-hydrogen) atoms. The van der Waals surface area contributed by atoms with E-state index in [-0.39, 0.29) is 35.6 Å². The molecule has 4 rings (SSSR count). The molecule has 3 heterocycles. The molecule has 0 bridgehead atoms. The van der Waals surface area contributed by atoms with Crippen LogP contribution in [0.1, 0.15) is 30.7 Å². The second kappa shape index (κ2) is 8.79. The Bertz CT molecular complexity index is 1140. The monoisotopic (exact) mass is 478 g/mol. The molecule has 0 spiro atoms. The molecular weight excluding hydrogens is 459 g/mol. The Morgan fingerprint density at radius 2 is 1.78 bits per heavy atom. The average Bonchev–Trinajstić information content (AvgIpc) is 2.72. The highest BCUT2D eigenvalue weighted by atomic mass is 35.5. The molecule has 2 aliphatic heterocycles. The Labute approximate surface area is 192 Å². The number of rotatable bonds is 4. The quantitative estimate of drug-likeness (QED) is 0.526. The van der Waals surface area contributed by atoms with Crippen molar-refractivity contribution in [3.63, 3.8) is 0 Å². The number of aromatic amines is 1. The minimum absolute atomic E-state index is 0.0429. The highest BCUT2D eigenvalue weighted by Crippen LogP contribution is 2.31. The summed E-state index contributed by atoms with van der Waals surface area (Å²) in [6.45, 7) is 0.950. The summed E-state index contributed by atoms with van der Waals surface area (Å²) in [5.74, 6) is -2.29. The van der Waals surface area contributed by atoms with E-state index in [1.807, 2.05) is 4.90 Å². The van der Waals surface area contributed by atoms with Crippen LogP contribution in [0.2, 0.25) is 10.0 Å². The molecule has 3 amide bonds. The van der Waals surface area contributed by atoms with Gasteiger partial charge < -0.3 is 21.3 Å². The van der Waals surface area contributed by atoms with Gasteiger partial charge >= 0.3 is 0 Å². The Morgan fingerprint density at radius 3 is 2.41 bits per heavy atom. The number of hydrogen-bond acceptors (Lipinski definition) is 6. The number of carbonyl (C=O) groups is 3. The van der Waals surface area contributed by atoms with E-state index >= 15 is 0 Å². The maximum absolute atomic E-state index is 12.9. The van der Waals surface area contributed by atoms with Crippen molar-refractivity contribution in [2.45, 2.75) is 25.2 Å². The number of nitrogens with two attached hydrogens (primary N) is 1. The number of hydrogen-bond donors (Lipinski definition) is 4. The van der Waals surface area contributed by atoms with Gasteiger partial charge in [0.15, 0.2) is 0 Å². The van der Waals surface area contributed by atoms with Crippen LogP contribution in [0.4, 0.5) is 17.5 Å². The number of amides is 3. The normalized spacial score (nSPS) is 18.6. The lowest BCUT2D eigenvalue weighted by molar-refractivity contribution is -0.123. The first-order chi connectivity index (χ1) is 15.2. The zero-order valence-corrected chi connectivity index (χ0v) is 18.3. The molecule has 0 radical (unpaired) electrons. The first-order valence-corrected chi connectivity index (χ1v) is 10.7. The summed E-state index contributed by atoms with van der Waals surface area (Å²) in [6, 6.07) is 4.54. The Hall–Kier alpha value is -3.11.